The summed E-state index contributed by atoms with van der Waals surface area (Å²) in [6.45, 7) is 0. The van der Waals surface area contributed by atoms with E-state index in [0.717, 1.165) is 18.2 Å². The first kappa shape index (κ1) is 11.4. The lowest BCUT2D eigenvalue weighted by atomic mass is 10.0. The van der Waals surface area contributed by atoms with Crippen molar-refractivity contribution >= 4 is 17.4 Å². The maximum Gasteiger partial charge on any atom is 0.416 e. The van der Waals surface area contributed by atoms with E-state index >= 15 is 0 Å². The van der Waals surface area contributed by atoms with E-state index in [9.17, 15) is 22.8 Å². The molecule has 2 rings (SSSR count). The third-order valence-electron chi connectivity index (χ3n) is 2.26. The summed E-state index contributed by atoms with van der Waals surface area (Å²) in [6, 6.07) is 4.27. The van der Waals surface area contributed by atoms with Gasteiger partial charge in [-0.1, -0.05) is 12.1 Å². The van der Waals surface area contributed by atoms with Crippen LogP contribution < -0.4 is 5.32 Å². The summed E-state index contributed by atoms with van der Waals surface area (Å²) >= 11 is 0. The Morgan fingerprint density at radius 1 is 1.12 bits per heavy atom. The Hall–Kier alpha value is -2.11. The number of carbonyl (C=O) groups is 2. The van der Waals surface area contributed by atoms with Crippen molar-refractivity contribution in [2.45, 2.75) is 6.18 Å². The minimum absolute atomic E-state index is 0.0545. The van der Waals surface area contributed by atoms with Gasteiger partial charge in [-0.15, -0.1) is 0 Å². The standard InChI is InChI=1S/C11H6F3NO2/c12-11(13,14)7-3-1-2-6(4-7)8-5-9(16)15-10(8)17/h1-5H,(H,15,16,17). The molecule has 1 aliphatic heterocycles. The Kier molecular flexibility index (Phi) is 2.49. The molecule has 1 N–H and O–H groups in total. The molecule has 0 atom stereocenters. The van der Waals surface area contributed by atoms with Gasteiger partial charge < -0.3 is 0 Å². The van der Waals surface area contributed by atoms with E-state index in [4.69, 9.17) is 0 Å². The molecule has 6 heteroatoms. The lowest BCUT2D eigenvalue weighted by Crippen LogP contribution is -2.21. The van der Waals surface area contributed by atoms with E-state index in [1.165, 1.54) is 12.1 Å². The van der Waals surface area contributed by atoms with Crippen LogP contribution in [0.5, 0.6) is 0 Å². The second-order valence-electron chi connectivity index (χ2n) is 3.45. The molecule has 0 fully saturated rings. The number of rotatable bonds is 1. The molecule has 88 valence electrons. The van der Waals surface area contributed by atoms with Crippen molar-refractivity contribution in [1.82, 2.24) is 5.32 Å². The van der Waals surface area contributed by atoms with Crippen molar-refractivity contribution in [3.8, 4) is 0 Å². The van der Waals surface area contributed by atoms with E-state index in [1.807, 2.05) is 5.32 Å². The van der Waals surface area contributed by atoms with Gasteiger partial charge in [0.05, 0.1) is 11.1 Å². The zero-order valence-electron chi connectivity index (χ0n) is 8.34. The van der Waals surface area contributed by atoms with Crippen molar-refractivity contribution < 1.29 is 22.8 Å². The smallest absolute Gasteiger partial charge is 0.289 e. The minimum atomic E-state index is -4.48. The minimum Gasteiger partial charge on any atom is -0.289 e. The van der Waals surface area contributed by atoms with Gasteiger partial charge in [0.1, 0.15) is 0 Å². The van der Waals surface area contributed by atoms with E-state index in [0.29, 0.717) is 0 Å². The predicted molar refractivity (Wildman–Crippen MR) is 52.6 cm³/mol. The van der Waals surface area contributed by atoms with Gasteiger partial charge >= 0.3 is 6.18 Å². The molecule has 1 heterocycles. The molecule has 1 aromatic carbocycles. The van der Waals surface area contributed by atoms with Gasteiger partial charge in [0.25, 0.3) is 11.8 Å². The monoisotopic (exact) mass is 241 g/mol. The zero-order valence-corrected chi connectivity index (χ0v) is 8.34. The van der Waals surface area contributed by atoms with Crippen LogP contribution in [0.1, 0.15) is 11.1 Å². The largest absolute Gasteiger partial charge is 0.416 e. The number of imide groups is 1. The summed E-state index contributed by atoms with van der Waals surface area (Å²) in [4.78, 5) is 22.2. The quantitative estimate of drug-likeness (QED) is 0.761. The van der Waals surface area contributed by atoms with Gasteiger partial charge in [0, 0.05) is 6.08 Å². The van der Waals surface area contributed by atoms with Gasteiger partial charge in [-0.05, 0) is 17.7 Å². The molecule has 1 aromatic rings. The van der Waals surface area contributed by atoms with E-state index in [1.54, 1.807) is 0 Å². The third kappa shape index (κ3) is 2.20. The predicted octanol–water partition coefficient (Wildman–Crippen LogP) is 1.75. The van der Waals surface area contributed by atoms with Gasteiger partial charge in [0.15, 0.2) is 0 Å². The van der Waals surface area contributed by atoms with Gasteiger partial charge in [-0.25, -0.2) is 0 Å². The van der Waals surface area contributed by atoms with Crippen LogP contribution in [0.4, 0.5) is 13.2 Å². The van der Waals surface area contributed by atoms with Crippen LogP contribution >= 0.6 is 0 Å². The van der Waals surface area contributed by atoms with Crippen LogP contribution in [0, 0.1) is 0 Å². The highest BCUT2D eigenvalue weighted by atomic mass is 19.4. The van der Waals surface area contributed by atoms with Crippen LogP contribution in [0.3, 0.4) is 0 Å². The third-order valence-corrected chi connectivity index (χ3v) is 2.26. The number of hydrogen-bond acceptors (Lipinski definition) is 2. The number of benzene rings is 1. The highest BCUT2D eigenvalue weighted by molar-refractivity contribution is 6.33. The summed E-state index contributed by atoms with van der Waals surface area (Å²) in [6.07, 6.45) is -3.49. The first-order chi connectivity index (χ1) is 7.88. The number of halogens is 3. The van der Waals surface area contributed by atoms with E-state index in [-0.39, 0.29) is 11.1 Å². The topological polar surface area (TPSA) is 46.2 Å². The fourth-order valence-electron chi connectivity index (χ4n) is 1.49. The molecule has 1 aliphatic rings. The second-order valence-corrected chi connectivity index (χ2v) is 3.45. The van der Waals surface area contributed by atoms with Crippen LogP contribution in [0.2, 0.25) is 0 Å². The molecule has 0 bridgehead atoms. The van der Waals surface area contributed by atoms with E-state index < -0.39 is 23.6 Å². The van der Waals surface area contributed by atoms with Crippen molar-refractivity contribution in [2.24, 2.45) is 0 Å². The second kappa shape index (κ2) is 3.73. The summed E-state index contributed by atoms with van der Waals surface area (Å²) in [7, 11) is 0. The Morgan fingerprint density at radius 3 is 2.35 bits per heavy atom. The van der Waals surface area contributed by atoms with Crippen molar-refractivity contribution in [3.63, 3.8) is 0 Å². The molecule has 3 nitrogen and oxygen atoms in total. The molecule has 0 radical (unpaired) electrons. The average Bonchev–Trinajstić information content (AvgIpc) is 2.57. The van der Waals surface area contributed by atoms with Crippen LogP contribution in [0.25, 0.3) is 5.57 Å². The molecule has 0 unspecified atom stereocenters. The molecular formula is C11H6F3NO2. The van der Waals surface area contributed by atoms with Crippen molar-refractivity contribution in [1.29, 1.82) is 0 Å². The van der Waals surface area contributed by atoms with Crippen LogP contribution in [-0.2, 0) is 15.8 Å². The summed E-state index contributed by atoms with van der Waals surface area (Å²) in [5.74, 6) is -1.31. The molecule has 17 heavy (non-hydrogen) atoms. The first-order valence-electron chi connectivity index (χ1n) is 4.62. The molecular weight excluding hydrogens is 235 g/mol. The molecule has 0 aliphatic carbocycles. The SMILES string of the molecule is O=C1C=C(c2cccc(C(F)(F)F)c2)C(=O)N1. The number of alkyl halides is 3. The maximum atomic E-state index is 12.4. The molecule has 2 amide bonds. The molecule has 0 aromatic heterocycles. The highest BCUT2D eigenvalue weighted by Crippen LogP contribution is 2.31. The molecule has 0 saturated carbocycles. The highest BCUT2D eigenvalue weighted by Gasteiger charge is 2.31. The number of hydrogen-bond donors (Lipinski definition) is 1. The van der Waals surface area contributed by atoms with Crippen LogP contribution in [-0.4, -0.2) is 11.8 Å². The zero-order chi connectivity index (χ0) is 12.6. The lowest BCUT2D eigenvalue weighted by Gasteiger charge is -2.08. The molecule has 0 saturated heterocycles. The Balaban J connectivity index is 2.45. The fraction of sp³-hybridized carbons (Fsp3) is 0.0909. The Bertz CT molecular complexity index is 532. The van der Waals surface area contributed by atoms with E-state index in [2.05, 4.69) is 0 Å². The maximum absolute atomic E-state index is 12.4. The van der Waals surface area contributed by atoms with Crippen molar-refractivity contribution in [2.75, 3.05) is 0 Å². The normalized spacial score (nSPS) is 15.8. The number of amides is 2. The first-order valence-corrected chi connectivity index (χ1v) is 4.62. The van der Waals surface area contributed by atoms with Gasteiger partial charge in [0.2, 0.25) is 0 Å². The van der Waals surface area contributed by atoms with Crippen molar-refractivity contribution in [3.05, 3.63) is 41.5 Å². The lowest BCUT2D eigenvalue weighted by molar-refractivity contribution is -0.137. The average molecular weight is 241 g/mol. The fourth-order valence-corrected chi connectivity index (χ4v) is 1.49. The van der Waals surface area contributed by atoms with Crippen LogP contribution in [0.15, 0.2) is 30.3 Å². The number of nitrogens with one attached hydrogen (secondary N) is 1. The summed E-state index contributed by atoms with van der Waals surface area (Å²) < 4.78 is 37.3. The molecule has 0 spiro atoms. The number of carbonyl (C=O) groups excluding carboxylic acids is 2. The Morgan fingerprint density at radius 2 is 1.82 bits per heavy atom. The van der Waals surface area contributed by atoms with Gasteiger partial charge in [-0.2, -0.15) is 13.2 Å². The summed E-state index contributed by atoms with van der Waals surface area (Å²) in [5, 5.41) is 1.97. The van der Waals surface area contributed by atoms with Gasteiger partial charge in [-0.3, -0.25) is 14.9 Å². The Labute approximate surface area is 93.9 Å². The summed E-state index contributed by atoms with van der Waals surface area (Å²) in [5.41, 5.74) is -0.840.